The van der Waals surface area contributed by atoms with Crippen LogP contribution in [0.25, 0.3) is 11.1 Å². The average Bonchev–Trinajstić information content (AvgIpc) is 2.88. The zero-order chi connectivity index (χ0) is 26.8. The molecular weight excluding hydrogens is 507 g/mol. The number of amides is 1. The van der Waals surface area contributed by atoms with Gasteiger partial charge in [0.25, 0.3) is 5.91 Å². The first kappa shape index (κ1) is 28.2. The number of carboxylic acid groups (broad SMARTS) is 1. The third kappa shape index (κ3) is 9.20. The SMILES string of the molecule is O=C(NCc1cccc(-c2cccc(CN3CCNCC3)c2)c1)c1cccc(Cl)c1.O=C(O)C(F)(F)F. The van der Waals surface area contributed by atoms with Crippen LogP contribution in [0.2, 0.25) is 5.02 Å². The Labute approximate surface area is 218 Å². The number of hydrogen-bond donors (Lipinski definition) is 3. The number of halogens is 4. The second-order valence-electron chi connectivity index (χ2n) is 8.42. The second kappa shape index (κ2) is 13.2. The lowest BCUT2D eigenvalue weighted by atomic mass is 10.0. The molecule has 1 saturated heterocycles. The van der Waals surface area contributed by atoms with Crippen molar-refractivity contribution in [3.63, 3.8) is 0 Å². The van der Waals surface area contributed by atoms with E-state index in [0.717, 1.165) is 43.9 Å². The van der Waals surface area contributed by atoms with Crippen LogP contribution in [0, 0.1) is 0 Å². The minimum atomic E-state index is -5.08. The van der Waals surface area contributed by atoms with Crippen molar-refractivity contribution in [2.75, 3.05) is 26.2 Å². The van der Waals surface area contributed by atoms with E-state index in [2.05, 4.69) is 51.9 Å². The number of rotatable bonds is 6. The monoisotopic (exact) mass is 533 g/mol. The van der Waals surface area contributed by atoms with Crippen molar-refractivity contribution in [1.29, 1.82) is 0 Å². The third-order valence-electron chi connectivity index (χ3n) is 5.59. The van der Waals surface area contributed by atoms with Gasteiger partial charge in [0.05, 0.1) is 0 Å². The van der Waals surface area contributed by atoms with Crippen LogP contribution in [0.5, 0.6) is 0 Å². The first-order valence-corrected chi connectivity index (χ1v) is 11.9. The highest BCUT2D eigenvalue weighted by Crippen LogP contribution is 2.23. The number of piperazine rings is 1. The molecule has 1 fully saturated rings. The van der Waals surface area contributed by atoms with E-state index in [1.165, 1.54) is 11.1 Å². The molecule has 6 nitrogen and oxygen atoms in total. The number of nitrogens with one attached hydrogen (secondary N) is 2. The number of carbonyl (C=O) groups excluding carboxylic acids is 1. The summed E-state index contributed by atoms with van der Waals surface area (Å²) < 4.78 is 31.7. The molecule has 0 bridgehead atoms. The van der Waals surface area contributed by atoms with Crippen molar-refractivity contribution >= 4 is 23.5 Å². The Hall–Kier alpha value is -3.40. The van der Waals surface area contributed by atoms with Gasteiger partial charge in [0.2, 0.25) is 0 Å². The Morgan fingerprint density at radius 3 is 2.08 bits per heavy atom. The van der Waals surface area contributed by atoms with E-state index in [9.17, 15) is 18.0 Å². The van der Waals surface area contributed by atoms with Gasteiger partial charge < -0.3 is 15.7 Å². The van der Waals surface area contributed by atoms with Crippen LogP contribution < -0.4 is 10.6 Å². The maximum atomic E-state index is 12.4. The molecule has 3 aromatic carbocycles. The summed E-state index contributed by atoms with van der Waals surface area (Å²) in [7, 11) is 0. The molecule has 0 unspecified atom stereocenters. The highest BCUT2D eigenvalue weighted by Gasteiger charge is 2.38. The minimum Gasteiger partial charge on any atom is -0.475 e. The van der Waals surface area contributed by atoms with Crippen LogP contribution in [-0.4, -0.2) is 54.2 Å². The zero-order valence-corrected chi connectivity index (χ0v) is 20.6. The molecule has 1 aliphatic rings. The quantitative estimate of drug-likeness (QED) is 0.416. The van der Waals surface area contributed by atoms with E-state index in [1.54, 1.807) is 24.3 Å². The number of carbonyl (C=O) groups is 2. The fraction of sp³-hybridized carbons (Fsp3) is 0.259. The number of aliphatic carboxylic acids is 1. The van der Waals surface area contributed by atoms with Gasteiger partial charge in [0.15, 0.2) is 0 Å². The molecule has 0 atom stereocenters. The van der Waals surface area contributed by atoms with E-state index in [4.69, 9.17) is 21.5 Å². The Morgan fingerprint density at radius 1 is 0.919 bits per heavy atom. The normalized spacial score (nSPS) is 13.8. The van der Waals surface area contributed by atoms with Crippen molar-refractivity contribution in [2.45, 2.75) is 19.3 Å². The summed E-state index contributed by atoms with van der Waals surface area (Å²) in [6.07, 6.45) is -5.08. The Morgan fingerprint density at radius 2 is 1.49 bits per heavy atom. The van der Waals surface area contributed by atoms with Crippen molar-refractivity contribution < 1.29 is 27.9 Å². The van der Waals surface area contributed by atoms with Crippen molar-refractivity contribution in [3.8, 4) is 11.1 Å². The molecule has 196 valence electrons. The van der Waals surface area contributed by atoms with Crippen molar-refractivity contribution in [1.82, 2.24) is 15.5 Å². The molecule has 37 heavy (non-hydrogen) atoms. The van der Waals surface area contributed by atoms with Gasteiger partial charge in [0.1, 0.15) is 0 Å². The zero-order valence-electron chi connectivity index (χ0n) is 19.9. The Kier molecular flexibility index (Phi) is 10.1. The fourth-order valence-electron chi connectivity index (χ4n) is 3.75. The van der Waals surface area contributed by atoms with Gasteiger partial charge in [-0.2, -0.15) is 13.2 Å². The summed E-state index contributed by atoms with van der Waals surface area (Å²) in [6, 6.07) is 24.1. The van der Waals surface area contributed by atoms with Crippen LogP contribution >= 0.6 is 11.6 Å². The number of alkyl halides is 3. The van der Waals surface area contributed by atoms with Gasteiger partial charge in [-0.3, -0.25) is 9.69 Å². The van der Waals surface area contributed by atoms with Crippen molar-refractivity contribution in [3.05, 3.63) is 94.5 Å². The first-order chi connectivity index (χ1) is 17.6. The van der Waals surface area contributed by atoms with Gasteiger partial charge >= 0.3 is 12.1 Å². The van der Waals surface area contributed by atoms with Gasteiger partial charge in [-0.25, -0.2) is 4.79 Å². The first-order valence-electron chi connectivity index (χ1n) is 11.6. The summed E-state index contributed by atoms with van der Waals surface area (Å²) in [5.74, 6) is -2.88. The Bertz CT molecular complexity index is 1210. The number of hydrogen-bond acceptors (Lipinski definition) is 4. The molecule has 10 heteroatoms. The molecule has 3 aromatic rings. The van der Waals surface area contributed by atoms with E-state index in [1.807, 2.05) is 12.1 Å². The van der Waals surface area contributed by atoms with Crippen LogP contribution in [-0.2, 0) is 17.9 Å². The summed E-state index contributed by atoms with van der Waals surface area (Å²) in [6.45, 7) is 5.74. The largest absolute Gasteiger partial charge is 0.490 e. The smallest absolute Gasteiger partial charge is 0.475 e. The summed E-state index contributed by atoms with van der Waals surface area (Å²) in [5.41, 5.74) is 5.32. The van der Waals surface area contributed by atoms with Gasteiger partial charge in [-0.1, -0.05) is 54.1 Å². The molecule has 1 aliphatic heterocycles. The molecule has 1 heterocycles. The number of carboxylic acids is 1. The van der Waals surface area contributed by atoms with E-state index >= 15 is 0 Å². The predicted molar refractivity (Wildman–Crippen MR) is 136 cm³/mol. The van der Waals surface area contributed by atoms with Gasteiger partial charge in [-0.15, -0.1) is 0 Å². The topological polar surface area (TPSA) is 81.7 Å². The molecule has 1 amide bonds. The van der Waals surface area contributed by atoms with Crippen LogP contribution in [0.15, 0.2) is 72.8 Å². The molecule has 0 aliphatic carbocycles. The standard InChI is InChI=1S/C25H26ClN3O.C2HF3O2/c26-24-9-3-8-23(16-24)25(30)28-17-19-4-1-6-21(14-19)22-7-2-5-20(15-22)18-29-12-10-27-11-13-29;3-2(4,5)1(6)7/h1-9,14-16,27H,10-13,17-18H2,(H,28,30);(H,6,7). The lowest BCUT2D eigenvalue weighted by Crippen LogP contribution is -2.42. The van der Waals surface area contributed by atoms with Crippen LogP contribution in [0.1, 0.15) is 21.5 Å². The minimum absolute atomic E-state index is 0.124. The average molecular weight is 534 g/mol. The lowest BCUT2D eigenvalue weighted by Gasteiger charge is -2.27. The summed E-state index contributed by atoms with van der Waals surface area (Å²) in [5, 5.41) is 14.1. The van der Waals surface area contributed by atoms with E-state index in [0.29, 0.717) is 17.1 Å². The Balaban J connectivity index is 0.000000479. The van der Waals surface area contributed by atoms with E-state index < -0.39 is 12.1 Å². The summed E-state index contributed by atoms with van der Waals surface area (Å²) in [4.78, 5) is 23.8. The molecule has 0 aromatic heterocycles. The van der Waals surface area contributed by atoms with Gasteiger partial charge in [-0.05, 0) is 52.6 Å². The maximum Gasteiger partial charge on any atom is 0.490 e. The predicted octanol–water partition coefficient (Wildman–Crippen LogP) is 4.98. The second-order valence-corrected chi connectivity index (χ2v) is 8.86. The molecule has 0 radical (unpaired) electrons. The molecule has 0 saturated carbocycles. The fourth-order valence-corrected chi connectivity index (χ4v) is 3.94. The third-order valence-corrected chi connectivity index (χ3v) is 5.82. The van der Waals surface area contributed by atoms with E-state index in [-0.39, 0.29) is 5.91 Å². The molecule has 4 rings (SSSR count). The van der Waals surface area contributed by atoms with Crippen LogP contribution in [0.3, 0.4) is 0 Å². The molecular formula is C27H27ClF3N3O3. The van der Waals surface area contributed by atoms with Crippen molar-refractivity contribution in [2.24, 2.45) is 0 Å². The maximum absolute atomic E-state index is 12.4. The lowest BCUT2D eigenvalue weighted by molar-refractivity contribution is -0.192. The highest BCUT2D eigenvalue weighted by molar-refractivity contribution is 6.30. The summed E-state index contributed by atoms with van der Waals surface area (Å²) >= 11 is 5.98. The molecule has 3 N–H and O–H groups in total. The van der Waals surface area contributed by atoms with Crippen LogP contribution in [0.4, 0.5) is 13.2 Å². The number of nitrogens with zero attached hydrogens (tertiary/aromatic N) is 1. The molecule has 0 spiro atoms. The highest BCUT2D eigenvalue weighted by atomic mass is 35.5. The van der Waals surface area contributed by atoms with Gasteiger partial charge in [0, 0.05) is 49.9 Å². The number of benzene rings is 3.